The minimum Gasteiger partial charge on any atom is -0.319 e. The number of anilines is 1. The lowest BCUT2D eigenvalue weighted by Crippen LogP contribution is -2.12. The van der Waals surface area contributed by atoms with Gasteiger partial charge in [0.15, 0.2) is 5.15 Å². The second kappa shape index (κ2) is 5.31. The maximum absolute atomic E-state index is 12.4. The van der Waals surface area contributed by atoms with Gasteiger partial charge in [0.1, 0.15) is 0 Å². The lowest BCUT2D eigenvalue weighted by molar-refractivity contribution is 0.102. The highest BCUT2D eigenvalue weighted by Crippen LogP contribution is 2.22. The first-order valence-electron chi connectivity index (χ1n) is 6.15. The summed E-state index contributed by atoms with van der Waals surface area (Å²) in [6, 6.07) is 16.8. The predicted octanol–water partition coefficient (Wildman–Crippen LogP) is 4.14. The molecule has 1 aromatic heterocycles. The van der Waals surface area contributed by atoms with E-state index < -0.39 is 0 Å². The Labute approximate surface area is 121 Å². The summed E-state index contributed by atoms with van der Waals surface area (Å²) in [5.41, 5.74) is 1.12. The van der Waals surface area contributed by atoms with Gasteiger partial charge in [-0.05, 0) is 29.0 Å². The average molecular weight is 283 g/mol. The molecule has 3 aromatic rings. The Bertz CT molecular complexity index is 781. The van der Waals surface area contributed by atoms with Crippen LogP contribution in [0.1, 0.15) is 10.4 Å². The van der Waals surface area contributed by atoms with Crippen molar-refractivity contribution in [2.24, 2.45) is 0 Å². The maximum atomic E-state index is 12.4. The fraction of sp³-hybridized carbons (Fsp3) is 0. The standard InChI is InChI=1S/C16H11ClN2O/c17-15-14(9-4-10-18-15)19-16(20)13-8-3-6-11-5-1-2-7-12(11)13/h1-10H,(H,19,20). The first-order valence-corrected chi connectivity index (χ1v) is 6.53. The second-order valence-corrected chi connectivity index (χ2v) is 4.68. The van der Waals surface area contributed by atoms with Gasteiger partial charge in [0.05, 0.1) is 5.69 Å². The third-order valence-corrected chi connectivity index (χ3v) is 3.34. The molecule has 2 aromatic carbocycles. The molecule has 1 N–H and O–H groups in total. The van der Waals surface area contributed by atoms with E-state index in [4.69, 9.17) is 11.6 Å². The van der Waals surface area contributed by atoms with E-state index in [0.717, 1.165) is 10.8 Å². The first-order chi connectivity index (χ1) is 9.75. The molecular weight excluding hydrogens is 272 g/mol. The quantitative estimate of drug-likeness (QED) is 0.718. The van der Waals surface area contributed by atoms with Gasteiger partial charge < -0.3 is 5.32 Å². The molecule has 0 spiro atoms. The van der Waals surface area contributed by atoms with Gasteiger partial charge in [-0.3, -0.25) is 4.79 Å². The molecule has 0 bridgehead atoms. The summed E-state index contributed by atoms with van der Waals surface area (Å²) in [5.74, 6) is -0.197. The Morgan fingerprint density at radius 3 is 2.65 bits per heavy atom. The number of amides is 1. The largest absolute Gasteiger partial charge is 0.319 e. The van der Waals surface area contributed by atoms with Gasteiger partial charge in [-0.15, -0.1) is 0 Å². The van der Waals surface area contributed by atoms with Crippen LogP contribution in [0.3, 0.4) is 0 Å². The molecule has 0 aliphatic rings. The van der Waals surface area contributed by atoms with E-state index in [0.29, 0.717) is 11.3 Å². The number of carbonyl (C=O) groups excluding carboxylic acids is 1. The third kappa shape index (κ3) is 2.36. The summed E-state index contributed by atoms with van der Waals surface area (Å²) in [4.78, 5) is 16.3. The van der Waals surface area contributed by atoms with Crippen LogP contribution in [0.5, 0.6) is 0 Å². The van der Waals surface area contributed by atoms with Crippen LogP contribution < -0.4 is 5.32 Å². The fourth-order valence-electron chi connectivity index (χ4n) is 2.09. The smallest absolute Gasteiger partial charge is 0.256 e. The molecular formula is C16H11ClN2O. The Morgan fingerprint density at radius 1 is 1.00 bits per heavy atom. The van der Waals surface area contributed by atoms with E-state index in [1.807, 2.05) is 36.4 Å². The van der Waals surface area contributed by atoms with Crippen molar-refractivity contribution in [3.05, 3.63) is 71.5 Å². The number of halogens is 1. The number of nitrogens with zero attached hydrogens (tertiary/aromatic N) is 1. The van der Waals surface area contributed by atoms with E-state index in [1.54, 1.807) is 24.4 Å². The van der Waals surface area contributed by atoms with Crippen LogP contribution in [0.4, 0.5) is 5.69 Å². The highest BCUT2D eigenvalue weighted by molar-refractivity contribution is 6.32. The van der Waals surface area contributed by atoms with Crippen molar-refractivity contribution in [1.29, 1.82) is 0 Å². The van der Waals surface area contributed by atoms with Crippen LogP contribution in [0, 0.1) is 0 Å². The van der Waals surface area contributed by atoms with Gasteiger partial charge >= 0.3 is 0 Å². The molecule has 0 atom stereocenters. The maximum Gasteiger partial charge on any atom is 0.256 e. The Balaban J connectivity index is 1.99. The van der Waals surface area contributed by atoms with E-state index in [1.165, 1.54) is 0 Å². The molecule has 1 amide bonds. The normalized spacial score (nSPS) is 10.4. The van der Waals surface area contributed by atoms with Gasteiger partial charge in [0.25, 0.3) is 5.91 Å². The van der Waals surface area contributed by atoms with Gasteiger partial charge in [-0.25, -0.2) is 4.98 Å². The van der Waals surface area contributed by atoms with Gasteiger partial charge in [0, 0.05) is 11.8 Å². The number of hydrogen-bond donors (Lipinski definition) is 1. The zero-order chi connectivity index (χ0) is 13.9. The minimum atomic E-state index is -0.197. The highest BCUT2D eigenvalue weighted by atomic mass is 35.5. The number of aromatic nitrogens is 1. The van der Waals surface area contributed by atoms with Crippen molar-refractivity contribution in [2.45, 2.75) is 0 Å². The number of benzene rings is 2. The SMILES string of the molecule is O=C(Nc1cccnc1Cl)c1cccc2ccccc12. The van der Waals surface area contributed by atoms with Crippen LogP contribution in [-0.2, 0) is 0 Å². The summed E-state index contributed by atoms with van der Waals surface area (Å²) in [6.45, 7) is 0. The van der Waals surface area contributed by atoms with Crippen molar-refractivity contribution in [3.8, 4) is 0 Å². The summed E-state index contributed by atoms with van der Waals surface area (Å²) < 4.78 is 0. The molecule has 0 unspecified atom stereocenters. The van der Waals surface area contributed by atoms with Crippen LogP contribution in [-0.4, -0.2) is 10.9 Å². The zero-order valence-corrected chi connectivity index (χ0v) is 11.3. The monoisotopic (exact) mass is 282 g/mol. The predicted molar refractivity (Wildman–Crippen MR) is 81.1 cm³/mol. The lowest BCUT2D eigenvalue weighted by atomic mass is 10.0. The van der Waals surface area contributed by atoms with E-state index >= 15 is 0 Å². The molecule has 1 heterocycles. The average Bonchev–Trinajstić information content (AvgIpc) is 2.49. The molecule has 0 saturated heterocycles. The van der Waals surface area contributed by atoms with Gasteiger partial charge in [-0.1, -0.05) is 48.0 Å². The van der Waals surface area contributed by atoms with E-state index in [2.05, 4.69) is 10.3 Å². The third-order valence-electron chi connectivity index (χ3n) is 3.04. The topological polar surface area (TPSA) is 42.0 Å². The van der Waals surface area contributed by atoms with Crippen LogP contribution in [0.15, 0.2) is 60.8 Å². The number of fused-ring (bicyclic) bond motifs is 1. The minimum absolute atomic E-state index is 0.197. The number of carbonyl (C=O) groups is 1. The zero-order valence-electron chi connectivity index (χ0n) is 10.5. The number of hydrogen-bond acceptors (Lipinski definition) is 2. The number of nitrogens with one attached hydrogen (secondary N) is 1. The van der Waals surface area contributed by atoms with Crippen molar-refractivity contribution >= 4 is 34.0 Å². The molecule has 0 aliphatic heterocycles. The number of pyridine rings is 1. The second-order valence-electron chi connectivity index (χ2n) is 4.32. The molecule has 3 rings (SSSR count). The summed E-state index contributed by atoms with van der Waals surface area (Å²) in [5, 5.41) is 5.00. The molecule has 0 saturated carbocycles. The molecule has 0 fully saturated rings. The fourth-order valence-corrected chi connectivity index (χ4v) is 2.26. The summed E-state index contributed by atoms with van der Waals surface area (Å²) in [6.07, 6.45) is 1.58. The van der Waals surface area contributed by atoms with Crippen molar-refractivity contribution < 1.29 is 4.79 Å². The van der Waals surface area contributed by atoms with E-state index in [-0.39, 0.29) is 11.1 Å². The highest BCUT2D eigenvalue weighted by Gasteiger charge is 2.11. The van der Waals surface area contributed by atoms with Crippen LogP contribution in [0.2, 0.25) is 5.15 Å². The van der Waals surface area contributed by atoms with Crippen molar-refractivity contribution in [3.63, 3.8) is 0 Å². The Kier molecular flexibility index (Phi) is 3.35. The van der Waals surface area contributed by atoms with Crippen molar-refractivity contribution in [1.82, 2.24) is 4.98 Å². The molecule has 0 radical (unpaired) electrons. The van der Waals surface area contributed by atoms with E-state index in [9.17, 15) is 4.79 Å². The molecule has 3 nitrogen and oxygen atoms in total. The molecule has 0 aliphatic carbocycles. The van der Waals surface area contributed by atoms with Crippen LogP contribution >= 0.6 is 11.6 Å². The Morgan fingerprint density at radius 2 is 1.80 bits per heavy atom. The summed E-state index contributed by atoms with van der Waals surface area (Å²) in [7, 11) is 0. The Hall–Kier alpha value is -2.39. The van der Waals surface area contributed by atoms with Crippen LogP contribution in [0.25, 0.3) is 10.8 Å². The van der Waals surface area contributed by atoms with Crippen molar-refractivity contribution in [2.75, 3.05) is 5.32 Å². The summed E-state index contributed by atoms with van der Waals surface area (Å²) >= 11 is 5.95. The van der Waals surface area contributed by atoms with Gasteiger partial charge in [0.2, 0.25) is 0 Å². The van der Waals surface area contributed by atoms with Gasteiger partial charge in [-0.2, -0.15) is 0 Å². The molecule has 4 heteroatoms. The lowest BCUT2D eigenvalue weighted by Gasteiger charge is -2.08. The molecule has 20 heavy (non-hydrogen) atoms. The first kappa shape index (κ1) is 12.6. The number of rotatable bonds is 2. The molecule has 98 valence electrons.